The molecule has 0 radical (unpaired) electrons. The van der Waals surface area contributed by atoms with Crippen molar-refractivity contribution in [3.05, 3.63) is 52.2 Å². The monoisotopic (exact) mass is 254 g/mol. The Hall–Kier alpha value is -1.12. The molecule has 2 bridgehead atoms. The van der Waals surface area contributed by atoms with Crippen molar-refractivity contribution in [2.24, 2.45) is 5.92 Å². The summed E-state index contributed by atoms with van der Waals surface area (Å²) in [5.41, 5.74) is 4.52. The van der Waals surface area contributed by atoms with E-state index in [9.17, 15) is 5.21 Å². The smallest absolute Gasteiger partial charge is 0.0192 e. The Labute approximate surface area is 114 Å². The fourth-order valence-corrected chi connectivity index (χ4v) is 4.84. The van der Waals surface area contributed by atoms with Crippen molar-refractivity contribution in [2.75, 3.05) is 6.54 Å². The summed E-state index contributed by atoms with van der Waals surface area (Å²) in [5, 5.41) is 13.6. The molecule has 1 aromatic rings. The zero-order valence-electron chi connectivity index (χ0n) is 11.4. The molecule has 1 aliphatic heterocycles. The van der Waals surface area contributed by atoms with Gasteiger partial charge in [0.2, 0.25) is 0 Å². The highest BCUT2D eigenvalue weighted by Gasteiger charge is 2.50. The van der Waals surface area contributed by atoms with E-state index in [0.717, 1.165) is 19.3 Å². The highest BCUT2D eigenvalue weighted by Crippen LogP contribution is 2.53. The Morgan fingerprint density at radius 1 is 1.37 bits per heavy atom. The topological polar surface area (TPSA) is 26.3 Å². The van der Waals surface area contributed by atoms with E-state index in [1.54, 1.807) is 5.56 Å². The van der Waals surface area contributed by atoms with Gasteiger partial charge in [-0.25, -0.2) is 0 Å². The first kappa shape index (κ1) is 11.7. The third-order valence-corrected chi connectivity index (χ3v) is 5.56. The molecule has 2 aliphatic carbocycles. The number of hydrogen-bond donors (Lipinski definition) is 0. The van der Waals surface area contributed by atoms with Gasteiger partial charge < -0.3 is 10.3 Å². The van der Waals surface area contributed by atoms with Crippen molar-refractivity contribution in [1.82, 2.24) is 5.06 Å². The first-order valence-electron chi connectivity index (χ1n) is 7.43. The summed E-state index contributed by atoms with van der Waals surface area (Å²) in [6.07, 6.45) is 9.03. The molecule has 100 valence electrons. The number of allylic oxidation sites excluding steroid dienone is 2. The van der Waals surface area contributed by atoms with Crippen LogP contribution in [0.4, 0.5) is 0 Å². The van der Waals surface area contributed by atoms with Crippen LogP contribution in [0.3, 0.4) is 0 Å². The molecule has 19 heavy (non-hydrogen) atoms. The average molecular weight is 254 g/mol. The van der Waals surface area contributed by atoms with Gasteiger partial charge in [-0.15, -0.1) is 0 Å². The third-order valence-electron chi connectivity index (χ3n) is 5.56. The van der Waals surface area contributed by atoms with Crippen LogP contribution in [0.5, 0.6) is 0 Å². The van der Waals surface area contributed by atoms with Crippen LogP contribution in [0.2, 0.25) is 0 Å². The Balaban J connectivity index is 1.98. The largest absolute Gasteiger partial charge is 0.785 e. The molecule has 2 nitrogen and oxygen atoms in total. The molecule has 1 heterocycles. The van der Waals surface area contributed by atoms with Gasteiger partial charge in [-0.05, 0) is 61.8 Å². The van der Waals surface area contributed by atoms with Crippen molar-refractivity contribution in [3.8, 4) is 0 Å². The van der Waals surface area contributed by atoms with Crippen molar-refractivity contribution in [2.45, 2.75) is 44.1 Å². The predicted molar refractivity (Wildman–Crippen MR) is 76.9 cm³/mol. The van der Waals surface area contributed by atoms with E-state index in [-0.39, 0.29) is 11.5 Å². The molecule has 0 amide bonds. The average Bonchev–Trinajstić information content (AvgIpc) is 2.43. The second-order valence-corrected chi connectivity index (χ2v) is 6.40. The van der Waals surface area contributed by atoms with Crippen LogP contribution in [0.1, 0.15) is 36.0 Å². The first-order chi connectivity index (χ1) is 9.22. The molecule has 4 rings (SSSR count). The lowest BCUT2D eigenvalue weighted by Gasteiger charge is -2.60. The number of fused-ring (bicyclic) bond motifs is 1. The molecule has 0 saturated carbocycles. The van der Waals surface area contributed by atoms with E-state index < -0.39 is 0 Å². The molecule has 0 spiro atoms. The minimum atomic E-state index is 0.156. The maximum atomic E-state index is 12.2. The summed E-state index contributed by atoms with van der Waals surface area (Å²) < 4.78 is 0. The van der Waals surface area contributed by atoms with Gasteiger partial charge in [-0.2, -0.15) is 0 Å². The third kappa shape index (κ3) is 1.44. The Kier molecular flexibility index (Phi) is 2.42. The second-order valence-electron chi connectivity index (χ2n) is 6.40. The fraction of sp³-hybridized carbons (Fsp3) is 0.529. The highest BCUT2D eigenvalue weighted by atomic mass is 16.5. The first-order valence-corrected chi connectivity index (χ1v) is 7.43. The molecule has 2 heteroatoms. The Morgan fingerprint density at radius 3 is 3.16 bits per heavy atom. The SMILES string of the molecule is Cc1cccc2c1[C@@]13C=CCC[C@H]1[C@@H](C2)N([O-])CC3. The Morgan fingerprint density at radius 2 is 2.26 bits per heavy atom. The molecule has 1 fully saturated rings. The van der Waals surface area contributed by atoms with Crippen LogP contribution in [0, 0.1) is 18.0 Å². The summed E-state index contributed by atoms with van der Waals surface area (Å²) in [6, 6.07) is 6.81. The van der Waals surface area contributed by atoms with Crippen LogP contribution >= 0.6 is 0 Å². The lowest BCUT2D eigenvalue weighted by molar-refractivity contribution is 0.0598. The number of piperidine rings is 1. The van der Waals surface area contributed by atoms with Crippen molar-refractivity contribution < 1.29 is 0 Å². The molecule has 0 unspecified atom stereocenters. The van der Waals surface area contributed by atoms with Gasteiger partial charge in [0.05, 0.1) is 0 Å². The molecule has 1 saturated heterocycles. The maximum absolute atomic E-state index is 12.2. The van der Waals surface area contributed by atoms with Crippen LogP contribution < -0.4 is 0 Å². The normalized spacial score (nSPS) is 36.7. The number of hydroxylamine groups is 2. The number of benzene rings is 1. The molecule has 0 N–H and O–H groups in total. The van der Waals surface area contributed by atoms with Crippen molar-refractivity contribution in [1.29, 1.82) is 0 Å². The minimum Gasteiger partial charge on any atom is -0.785 e. The summed E-state index contributed by atoms with van der Waals surface area (Å²) in [7, 11) is 0. The Bertz CT molecular complexity index is 550. The minimum absolute atomic E-state index is 0.156. The molecular weight excluding hydrogens is 234 g/mol. The van der Waals surface area contributed by atoms with Crippen LogP contribution in [0.15, 0.2) is 30.4 Å². The number of hydrogen-bond acceptors (Lipinski definition) is 2. The zero-order valence-corrected chi connectivity index (χ0v) is 11.4. The van der Waals surface area contributed by atoms with E-state index in [1.165, 1.54) is 22.6 Å². The van der Waals surface area contributed by atoms with Crippen LogP contribution in [0.25, 0.3) is 0 Å². The highest BCUT2D eigenvalue weighted by molar-refractivity contribution is 5.49. The quantitative estimate of drug-likeness (QED) is 0.664. The van der Waals surface area contributed by atoms with Crippen molar-refractivity contribution in [3.63, 3.8) is 0 Å². The zero-order chi connectivity index (χ0) is 13.0. The number of nitrogens with zero attached hydrogens (tertiary/aromatic N) is 1. The summed E-state index contributed by atoms with van der Waals surface area (Å²) in [6.45, 7) is 2.93. The summed E-state index contributed by atoms with van der Waals surface area (Å²) in [5.74, 6) is 0.525. The van der Waals surface area contributed by atoms with Gasteiger partial charge >= 0.3 is 0 Å². The van der Waals surface area contributed by atoms with E-state index in [1.807, 2.05) is 0 Å². The van der Waals surface area contributed by atoms with Gasteiger partial charge in [0.15, 0.2) is 0 Å². The summed E-state index contributed by atoms with van der Waals surface area (Å²) >= 11 is 0. The predicted octanol–water partition coefficient (Wildman–Crippen LogP) is 3.33. The van der Waals surface area contributed by atoms with Crippen LogP contribution in [-0.4, -0.2) is 17.6 Å². The molecule has 0 aromatic heterocycles. The number of aryl methyl sites for hydroxylation is 1. The van der Waals surface area contributed by atoms with Gasteiger partial charge in [-0.3, -0.25) is 0 Å². The van der Waals surface area contributed by atoms with Gasteiger partial charge in [-0.1, -0.05) is 30.4 Å². The van der Waals surface area contributed by atoms with Gasteiger partial charge in [0.25, 0.3) is 0 Å². The van der Waals surface area contributed by atoms with Crippen molar-refractivity contribution >= 4 is 0 Å². The molecule has 3 aliphatic rings. The van der Waals surface area contributed by atoms with E-state index in [2.05, 4.69) is 37.3 Å². The lowest BCUT2D eigenvalue weighted by atomic mass is 9.54. The number of rotatable bonds is 0. The lowest BCUT2D eigenvalue weighted by Crippen LogP contribution is -2.58. The van der Waals surface area contributed by atoms with Crippen LogP contribution in [-0.2, 0) is 11.8 Å². The van der Waals surface area contributed by atoms with Gasteiger partial charge in [0, 0.05) is 11.5 Å². The standard InChI is InChI=1S/C17H20NO/c1-12-5-4-6-13-11-15-14-7-2-3-8-17(14,16(12)13)9-10-18(15)19/h3-6,8,14-15H,2,7,9-11H2,1H3/q-1/t14-,15+,17+/m0/s1. The van der Waals surface area contributed by atoms with Gasteiger partial charge in [0.1, 0.15) is 0 Å². The van der Waals surface area contributed by atoms with E-state index in [0.29, 0.717) is 12.5 Å². The van der Waals surface area contributed by atoms with E-state index >= 15 is 0 Å². The van der Waals surface area contributed by atoms with E-state index in [4.69, 9.17) is 0 Å². The fourth-order valence-electron chi connectivity index (χ4n) is 4.84. The maximum Gasteiger partial charge on any atom is 0.0192 e. The molecular formula is C17H20NO-. The molecule has 3 atom stereocenters. The molecule has 1 aromatic carbocycles. The summed E-state index contributed by atoms with van der Waals surface area (Å²) in [4.78, 5) is 0. The second kappa shape index (κ2) is 3.94.